The predicted molar refractivity (Wildman–Crippen MR) is 57.3 cm³/mol. The summed E-state index contributed by atoms with van der Waals surface area (Å²) < 4.78 is 9.54. The molecule has 0 N–H and O–H groups in total. The van der Waals surface area contributed by atoms with E-state index in [1.165, 1.54) is 13.8 Å². The van der Waals surface area contributed by atoms with Gasteiger partial charge in [-0.1, -0.05) is 0 Å². The monoisotopic (exact) mass is 250 g/mol. The highest BCUT2D eigenvalue weighted by atomic mass is 16.5. The molecule has 0 aliphatic carbocycles. The van der Waals surface area contributed by atoms with E-state index in [4.69, 9.17) is 9.47 Å². The molecule has 2 rings (SSSR count). The zero-order chi connectivity index (χ0) is 13.4. The van der Waals surface area contributed by atoms with Gasteiger partial charge in [-0.25, -0.2) is 9.59 Å². The molecule has 0 spiro atoms. The molecule has 6 heteroatoms. The van der Waals surface area contributed by atoms with E-state index >= 15 is 0 Å². The van der Waals surface area contributed by atoms with E-state index in [1.807, 2.05) is 0 Å². The molecule has 2 aliphatic rings. The highest BCUT2D eigenvalue weighted by Gasteiger charge is 2.37. The van der Waals surface area contributed by atoms with Crippen molar-refractivity contribution in [2.24, 2.45) is 0 Å². The van der Waals surface area contributed by atoms with Gasteiger partial charge in [0.1, 0.15) is 24.4 Å². The average Bonchev–Trinajstić information content (AvgIpc) is 2.81. The summed E-state index contributed by atoms with van der Waals surface area (Å²) in [6, 6.07) is 0. The second-order valence-electron chi connectivity index (χ2n) is 3.97. The summed E-state index contributed by atoms with van der Waals surface area (Å²) in [4.78, 5) is 45.6. The van der Waals surface area contributed by atoms with Crippen LogP contribution in [-0.2, 0) is 28.7 Å². The fourth-order valence-corrected chi connectivity index (χ4v) is 2.00. The molecule has 0 bridgehead atoms. The van der Waals surface area contributed by atoms with Crippen LogP contribution in [0.15, 0.2) is 22.3 Å². The van der Waals surface area contributed by atoms with E-state index in [2.05, 4.69) is 0 Å². The second kappa shape index (κ2) is 4.21. The topological polar surface area (TPSA) is 86.7 Å². The van der Waals surface area contributed by atoms with Crippen LogP contribution in [0, 0.1) is 0 Å². The first kappa shape index (κ1) is 12.2. The van der Waals surface area contributed by atoms with Gasteiger partial charge >= 0.3 is 11.9 Å². The third-order valence-corrected chi connectivity index (χ3v) is 2.78. The number of cyclic esters (lactones) is 2. The van der Waals surface area contributed by atoms with Gasteiger partial charge in [-0.2, -0.15) is 0 Å². The third-order valence-electron chi connectivity index (χ3n) is 2.78. The fraction of sp³-hybridized carbons (Fsp3) is 0.333. The maximum atomic E-state index is 11.4. The third kappa shape index (κ3) is 1.75. The number of carbonyl (C=O) groups excluding carboxylic acids is 4. The Labute approximate surface area is 102 Å². The number of Topliss-reactive ketones (excluding diaryl/α,β-unsaturated/α-hetero) is 2. The highest BCUT2D eigenvalue weighted by Crippen LogP contribution is 2.30. The van der Waals surface area contributed by atoms with E-state index in [0.29, 0.717) is 0 Å². The second-order valence-corrected chi connectivity index (χ2v) is 3.97. The van der Waals surface area contributed by atoms with Crippen molar-refractivity contribution in [2.45, 2.75) is 13.8 Å². The Morgan fingerprint density at radius 2 is 1.17 bits per heavy atom. The Morgan fingerprint density at radius 3 is 1.44 bits per heavy atom. The number of hydrogen-bond acceptors (Lipinski definition) is 6. The van der Waals surface area contributed by atoms with E-state index in [1.54, 1.807) is 0 Å². The predicted octanol–water partition coefficient (Wildman–Crippen LogP) is -0.129. The molecule has 0 fully saturated rings. The molecule has 0 saturated heterocycles. The van der Waals surface area contributed by atoms with Crippen LogP contribution in [0.1, 0.15) is 13.8 Å². The van der Waals surface area contributed by atoms with Crippen molar-refractivity contribution in [3.8, 4) is 0 Å². The Hall–Kier alpha value is -2.24. The van der Waals surface area contributed by atoms with E-state index < -0.39 is 23.5 Å². The van der Waals surface area contributed by atoms with Gasteiger partial charge < -0.3 is 9.47 Å². The van der Waals surface area contributed by atoms with Crippen LogP contribution in [-0.4, -0.2) is 36.7 Å². The minimum atomic E-state index is -0.729. The smallest absolute Gasteiger partial charge is 0.342 e. The minimum absolute atomic E-state index is 0.109. The fourth-order valence-electron chi connectivity index (χ4n) is 2.00. The lowest BCUT2D eigenvalue weighted by molar-refractivity contribution is -0.138. The van der Waals surface area contributed by atoms with Gasteiger partial charge in [-0.3, -0.25) is 9.59 Å². The van der Waals surface area contributed by atoms with E-state index in [-0.39, 0.29) is 35.5 Å². The van der Waals surface area contributed by atoms with Crippen molar-refractivity contribution in [3.05, 3.63) is 22.3 Å². The molecule has 0 unspecified atom stereocenters. The summed E-state index contributed by atoms with van der Waals surface area (Å²) in [5, 5.41) is 0. The molecule has 2 aliphatic heterocycles. The number of ketones is 2. The quantitative estimate of drug-likeness (QED) is 0.512. The van der Waals surface area contributed by atoms with Crippen LogP contribution < -0.4 is 0 Å². The Kier molecular flexibility index (Phi) is 2.86. The largest absolute Gasteiger partial charge is 0.457 e. The molecule has 0 aromatic rings. The van der Waals surface area contributed by atoms with Crippen molar-refractivity contribution in [2.75, 3.05) is 13.2 Å². The molecule has 0 aromatic carbocycles. The zero-order valence-corrected chi connectivity index (χ0v) is 9.86. The summed E-state index contributed by atoms with van der Waals surface area (Å²) in [5.74, 6) is -2.37. The molecular weight excluding hydrogens is 240 g/mol. The van der Waals surface area contributed by atoms with Gasteiger partial charge in [0.05, 0.1) is 0 Å². The number of rotatable bonds is 3. The Bertz CT molecular complexity index is 499. The Morgan fingerprint density at radius 1 is 0.833 bits per heavy atom. The van der Waals surface area contributed by atoms with Crippen molar-refractivity contribution in [1.29, 1.82) is 0 Å². The average molecular weight is 250 g/mol. The molecule has 0 atom stereocenters. The van der Waals surface area contributed by atoms with Crippen molar-refractivity contribution in [3.63, 3.8) is 0 Å². The maximum Gasteiger partial charge on any atom is 0.342 e. The molecule has 0 saturated carbocycles. The maximum absolute atomic E-state index is 11.4. The molecule has 0 radical (unpaired) electrons. The van der Waals surface area contributed by atoms with Gasteiger partial charge in [0.25, 0.3) is 0 Å². The molecule has 0 aromatic heterocycles. The normalized spacial score (nSPS) is 19.2. The molecule has 2 heterocycles. The van der Waals surface area contributed by atoms with Crippen LogP contribution in [0.4, 0.5) is 0 Å². The summed E-state index contributed by atoms with van der Waals surface area (Å²) in [6.07, 6.45) is 0. The van der Waals surface area contributed by atoms with Crippen LogP contribution >= 0.6 is 0 Å². The van der Waals surface area contributed by atoms with Gasteiger partial charge in [0, 0.05) is 11.1 Å². The molecular formula is C12H10O6. The molecule has 18 heavy (non-hydrogen) atoms. The van der Waals surface area contributed by atoms with Crippen LogP contribution in [0.2, 0.25) is 0 Å². The van der Waals surface area contributed by atoms with Crippen LogP contribution in [0.5, 0.6) is 0 Å². The molecule has 0 amide bonds. The molecule has 94 valence electrons. The van der Waals surface area contributed by atoms with Crippen LogP contribution in [0.3, 0.4) is 0 Å². The number of hydrogen-bond donors (Lipinski definition) is 0. The summed E-state index contributed by atoms with van der Waals surface area (Å²) >= 11 is 0. The Balaban J connectivity index is 2.61. The van der Waals surface area contributed by atoms with Gasteiger partial charge in [0.2, 0.25) is 0 Å². The summed E-state index contributed by atoms with van der Waals surface area (Å²) in [7, 11) is 0. The minimum Gasteiger partial charge on any atom is -0.457 e. The van der Waals surface area contributed by atoms with Crippen molar-refractivity contribution in [1.82, 2.24) is 0 Å². The number of esters is 2. The zero-order valence-electron chi connectivity index (χ0n) is 9.86. The van der Waals surface area contributed by atoms with Crippen molar-refractivity contribution >= 4 is 23.5 Å². The van der Waals surface area contributed by atoms with Gasteiger partial charge in [-0.15, -0.1) is 0 Å². The summed E-state index contributed by atoms with van der Waals surface area (Å²) in [6.45, 7) is 2.23. The highest BCUT2D eigenvalue weighted by molar-refractivity contribution is 6.22. The standard InChI is InChI=1S/C12H10O6/c1-5(13)9-7(3-17-11(9)15)8-4-18-12(16)10(8)6(2)14/h3-4H2,1-2H3. The first-order valence-corrected chi connectivity index (χ1v) is 5.26. The first-order chi connectivity index (χ1) is 8.43. The van der Waals surface area contributed by atoms with Gasteiger partial charge in [-0.05, 0) is 13.8 Å². The molecule has 6 nitrogen and oxygen atoms in total. The lowest BCUT2D eigenvalue weighted by Gasteiger charge is -2.02. The lowest BCUT2D eigenvalue weighted by Crippen LogP contribution is -2.10. The lowest BCUT2D eigenvalue weighted by atomic mass is 9.96. The number of carbonyl (C=O) groups is 4. The SMILES string of the molecule is CC(=O)C1=C(C2=C(C(C)=O)C(=O)OC2)COC1=O. The summed E-state index contributed by atoms with van der Waals surface area (Å²) in [5.41, 5.74) is 0.344. The van der Waals surface area contributed by atoms with E-state index in [0.717, 1.165) is 0 Å². The first-order valence-electron chi connectivity index (χ1n) is 5.26. The number of ether oxygens (including phenoxy) is 2. The van der Waals surface area contributed by atoms with Gasteiger partial charge in [0.15, 0.2) is 11.6 Å². The van der Waals surface area contributed by atoms with Crippen molar-refractivity contribution < 1.29 is 28.7 Å². The van der Waals surface area contributed by atoms with E-state index in [9.17, 15) is 19.2 Å². The van der Waals surface area contributed by atoms with Crippen LogP contribution in [0.25, 0.3) is 0 Å².